The number of hydrogen-bond acceptors (Lipinski definition) is 3. The molecule has 0 aliphatic carbocycles. The van der Waals surface area contributed by atoms with Crippen LogP contribution in [0.15, 0.2) is 42.5 Å². The van der Waals surface area contributed by atoms with Crippen molar-refractivity contribution in [1.29, 1.82) is 0 Å². The molecule has 0 bridgehead atoms. The average molecular weight is 363 g/mol. The molecule has 3 rings (SSSR count). The van der Waals surface area contributed by atoms with E-state index in [0.29, 0.717) is 22.4 Å². The Morgan fingerprint density at radius 1 is 1.00 bits per heavy atom. The Hall–Kier alpha value is -2.17. The number of H-pyrrole nitrogens is 1. The lowest BCUT2D eigenvalue weighted by molar-refractivity contribution is 0.355. The number of hydrogen-bond donors (Lipinski definition) is 1. The maximum Gasteiger partial charge on any atom is 0.161 e. The van der Waals surface area contributed by atoms with Crippen LogP contribution in [0.25, 0.3) is 22.4 Å². The van der Waals surface area contributed by atoms with E-state index in [1.54, 1.807) is 14.2 Å². The first-order chi connectivity index (χ1) is 11.7. The van der Waals surface area contributed by atoms with Crippen molar-refractivity contribution in [2.75, 3.05) is 14.2 Å². The molecule has 0 radical (unpaired) electrons. The van der Waals surface area contributed by atoms with Crippen molar-refractivity contribution in [2.24, 2.45) is 0 Å². The Bertz CT molecular complexity index is 862. The number of nitrogens with zero attached hydrogens (tertiary/aromatic N) is 1. The highest BCUT2D eigenvalue weighted by Gasteiger charge is 2.16. The smallest absolute Gasteiger partial charge is 0.161 e. The summed E-state index contributed by atoms with van der Waals surface area (Å²) in [5, 5.41) is 7.95. The highest BCUT2D eigenvalue weighted by Crippen LogP contribution is 2.40. The van der Waals surface area contributed by atoms with Gasteiger partial charge < -0.3 is 9.47 Å². The van der Waals surface area contributed by atoms with Crippen molar-refractivity contribution in [2.45, 2.75) is 5.88 Å². The molecule has 0 saturated heterocycles. The van der Waals surface area contributed by atoms with E-state index >= 15 is 0 Å². The van der Waals surface area contributed by atoms with Gasteiger partial charge in [-0.1, -0.05) is 23.7 Å². The van der Waals surface area contributed by atoms with E-state index in [-0.39, 0.29) is 0 Å². The SMILES string of the molecule is COc1cc(-c2cccc(Cl)c2)c(-c2cc(CCl)[nH]n2)cc1OC. The molecule has 3 aromatic rings. The predicted molar refractivity (Wildman–Crippen MR) is 97.1 cm³/mol. The number of alkyl halides is 1. The van der Waals surface area contributed by atoms with Crippen LogP contribution in [-0.2, 0) is 5.88 Å². The molecule has 0 amide bonds. The summed E-state index contributed by atoms with van der Waals surface area (Å²) in [6.45, 7) is 0. The molecule has 0 saturated carbocycles. The van der Waals surface area contributed by atoms with E-state index in [4.69, 9.17) is 32.7 Å². The van der Waals surface area contributed by atoms with E-state index in [0.717, 1.165) is 28.1 Å². The number of ether oxygens (including phenoxy) is 2. The van der Waals surface area contributed by atoms with Crippen LogP contribution in [0.1, 0.15) is 5.69 Å². The number of methoxy groups -OCH3 is 2. The molecule has 4 nitrogen and oxygen atoms in total. The number of benzene rings is 2. The minimum Gasteiger partial charge on any atom is -0.493 e. The third-order valence-electron chi connectivity index (χ3n) is 3.71. The van der Waals surface area contributed by atoms with Gasteiger partial charge in [-0.25, -0.2) is 0 Å². The molecule has 0 fully saturated rings. The van der Waals surface area contributed by atoms with E-state index < -0.39 is 0 Å². The number of aromatic nitrogens is 2. The molecule has 124 valence electrons. The van der Waals surface area contributed by atoms with E-state index in [1.165, 1.54) is 0 Å². The van der Waals surface area contributed by atoms with Gasteiger partial charge in [0.2, 0.25) is 0 Å². The molecule has 1 N–H and O–H groups in total. The topological polar surface area (TPSA) is 47.1 Å². The fourth-order valence-corrected chi connectivity index (χ4v) is 2.88. The van der Waals surface area contributed by atoms with Crippen LogP contribution in [0.5, 0.6) is 11.5 Å². The normalized spacial score (nSPS) is 10.7. The number of halogens is 2. The second-order valence-electron chi connectivity index (χ2n) is 5.18. The van der Waals surface area contributed by atoms with Gasteiger partial charge in [-0.2, -0.15) is 5.10 Å². The van der Waals surface area contributed by atoms with Gasteiger partial charge in [0, 0.05) is 10.6 Å². The summed E-state index contributed by atoms with van der Waals surface area (Å²) < 4.78 is 10.9. The quantitative estimate of drug-likeness (QED) is 0.638. The number of rotatable bonds is 5. The molecule has 6 heteroatoms. The minimum atomic E-state index is 0.368. The standard InChI is InChI=1S/C18H16Cl2N2O2/c1-23-17-8-14(11-4-3-5-12(20)6-11)15(9-18(17)24-2)16-7-13(10-19)21-22-16/h3-9H,10H2,1-2H3,(H,21,22). The van der Waals surface area contributed by atoms with Crippen LogP contribution in [0.2, 0.25) is 5.02 Å². The highest BCUT2D eigenvalue weighted by atomic mass is 35.5. The van der Waals surface area contributed by atoms with Crippen LogP contribution in [0.4, 0.5) is 0 Å². The van der Waals surface area contributed by atoms with Gasteiger partial charge in [0.25, 0.3) is 0 Å². The Balaban J connectivity index is 2.24. The lowest BCUT2D eigenvalue weighted by Crippen LogP contribution is -1.94. The first-order valence-electron chi connectivity index (χ1n) is 7.29. The van der Waals surface area contributed by atoms with Gasteiger partial charge in [0.05, 0.1) is 31.5 Å². The molecule has 1 aromatic heterocycles. The minimum absolute atomic E-state index is 0.368. The van der Waals surface area contributed by atoms with Gasteiger partial charge in [-0.05, 0) is 41.5 Å². The van der Waals surface area contributed by atoms with E-state index in [9.17, 15) is 0 Å². The monoisotopic (exact) mass is 362 g/mol. The van der Waals surface area contributed by atoms with Gasteiger partial charge in [0.1, 0.15) is 0 Å². The molecule has 2 aromatic carbocycles. The molecule has 0 unspecified atom stereocenters. The van der Waals surface area contributed by atoms with Crippen LogP contribution in [0.3, 0.4) is 0 Å². The summed E-state index contributed by atoms with van der Waals surface area (Å²) in [5.74, 6) is 1.64. The summed E-state index contributed by atoms with van der Waals surface area (Å²) in [6.07, 6.45) is 0. The molecular formula is C18H16Cl2N2O2. The van der Waals surface area contributed by atoms with Crippen LogP contribution >= 0.6 is 23.2 Å². The predicted octanol–water partition coefficient (Wildman–Crippen LogP) is 5.15. The average Bonchev–Trinajstić information content (AvgIpc) is 3.09. The molecule has 0 aliphatic rings. The summed E-state index contributed by atoms with van der Waals surface area (Å²) in [7, 11) is 3.22. The summed E-state index contributed by atoms with van der Waals surface area (Å²) in [4.78, 5) is 0. The largest absolute Gasteiger partial charge is 0.493 e. The van der Waals surface area contributed by atoms with Crippen molar-refractivity contribution < 1.29 is 9.47 Å². The zero-order valence-electron chi connectivity index (χ0n) is 13.3. The van der Waals surface area contributed by atoms with Crippen molar-refractivity contribution in [3.05, 3.63) is 53.2 Å². The van der Waals surface area contributed by atoms with Gasteiger partial charge in [0.15, 0.2) is 11.5 Å². The highest BCUT2D eigenvalue weighted by molar-refractivity contribution is 6.30. The Labute approximate surface area is 150 Å². The Morgan fingerprint density at radius 2 is 1.71 bits per heavy atom. The van der Waals surface area contributed by atoms with Gasteiger partial charge in [-0.15, -0.1) is 11.6 Å². The van der Waals surface area contributed by atoms with Crippen molar-refractivity contribution in [1.82, 2.24) is 10.2 Å². The third kappa shape index (κ3) is 3.21. The van der Waals surface area contributed by atoms with Crippen molar-refractivity contribution in [3.8, 4) is 33.9 Å². The van der Waals surface area contributed by atoms with Crippen LogP contribution in [-0.4, -0.2) is 24.4 Å². The molecule has 0 spiro atoms. The Kier molecular flexibility index (Phi) is 4.97. The first-order valence-corrected chi connectivity index (χ1v) is 8.20. The summed E-state index contributed by atoms with van der Waals surface area (Å²) in [6, 6.07) is 13.4. The summed E-state index contributed by atoms with van der Waals surface area (Å²) >= 11 is 12.0. The zero-order chi connectivity index (χ0) is 17.1. The maximum atomic E-state index is 6.16. The molecule has 24 heavy (non-hydrogen) atoms. The fraction of sp³-hybridized carbons (Fsp3) is 0.167. The first kappa shape index (κ1) is 16.7. The number of aromatic amines is 1. The lowest BCUT2D eigenvalue weighted by Gasteiger charge is -2.14. The molecular weight excluding hydrogens is 347 g/mol. The lowest BCUT2D eigenvalue weighted by atomic mass is 9.96. The van der Waals surface area contributed by atoms with Gasteiger partial charge in [-0.3, -0.25) is 5.10 Å². The maximum absolute atomic E-state index is 6.16. The summed E-state index contributed by atoms with van der Waals surface area (Å²) in [5.41, 5.74) is 4.44. The van der Waals surface area contributed by atoms with Crippen molar-refractivity contribution in [3.63, 3.8) is 0 Å². The molecule has 0 aliphatic heterocycles. The fourth-order valence-electron chi connectivity index (χ4n) is 2.55. The van der Waals surface area contributed by atoms with Gasteiger partial charge >= 0.3 is 0 Å². The third-order valence-corrected chi connectivity index (χ3v) is 4.23. The molecule has 0 atom stereocenters. The number of nitrogens with one attached hydrogen (secondary N) is 1. The molecule has 1 heterocycles. The van der Waals surface area contributed by atoms with Crippen LogP contribution < -0.4 is 9.47 Å². The second kappa shape index (κ2) is 7.16. The Morgan fingerprint density at radius 3 is 2.29 bits per heavy atom. The van der Waals surface area contributed by atoms with Crippen LogP contribution in [0, 0.1) is 0 Å². The second-order valence-corrected chi connectivity index (χ2v) is 5.88. The van der Waals surface area contributed by atoms with E-state index in [1.807, 2.05) is 42.5 Å². The van der Waals surface area contributed by atoms with Crippen molar-refractivity contribution >= 4 is 23.2 Å². The zero-order valence-corrected chi connectivity index (χ0v) is 14.8. The van der Waals surface area contributed by atoms with E-state index in [2.05, 4.69) is 10.2 Å².